The highest BCUT2D eigenvalue weighted by atomic mass is 35.5. The number of piperidine rings is 3. The molecule has 8 rings (SSSR count). The predicted octanol–water partition coefficient (Wildman–Crippen LogP) is 6.46. The topological polar surface area (TPSA) is 57.2 Å². The maximum atomic E-state index is 9.38. The predicted molar refractivity (Wildman–Crippen MR) is 176 cm³/mol. The van der Waals surface area contributed by atoms with Gasteiger partial charge in [0.05, 0.1) is 31.5 Å². The molecule has 2 N–H and O–H groups in total. The van der Waals surface area contributed by atoms with Crippen molar-refractivity contribution in [3.63, 3.8) is 0 Å². The van der Waals surface area contributed by atoms with Crippen molar-refractivity contribution in [1.29, 1.82) is 0 Å². The van der Waals surface area contributed by atoms with Crippen LogP contribution in [0, 0.1) is 0 Å². The fourth-order valence-corrected chi connectivity index (χ4v) is 9.46. The zero-order chi connectivity index (χ0) is 28.2. The van der Waals surface area contributed by atoms with Crippen molar-refractivity contribution in [1.82, 2.24) is 15.1 Å². The highest BCUT2D eigenvalue weighted by Gasteiger charge is 2.39. The first-order valence-electron chi connectivity index (χ1n) is 16.2. The summed E-state index contributed by atoms with van der Waals surface area (Å²) in [5.74, 6) is 0. The molecule has 6 atom stereocenters. The summed E-state index contributed by atoms with van der Waals surface area (Å²) in [5.41, 5.74) is 0. The van der Waals surface area contributed by atoms with E-state index in [9.17, 15) is 5.11 Å². The van der Waals surface area contributed by atoms with Gasteiger partial charge in [0.2, 0.25) is 0 Å². The maximum absolute atomic E-state index is 9.38. The molecule has 6 aliphatic heterocycles. The van der Waals surface area contributed by atoms with E-state index < -0.39 is 0 Å². The molecule has 0 radical (unpaired) electrons. The molecule has 0 aromatic carbocycles. The van der Waals surface area contributed by atoms with Crippen molar-refractivity contribution in [3.8, 4) is 0 Å². The van der Waals surface area contributed by atoms with Crippen molar-refractivity contribution >= 4 is 35.1 Å². The van der Waals surface area contributed by atoms with Crippen LogP contribution in [0.5, 0.6) is 0 Å². The lowest BCUT2D eigenvalue weighted by Gasteiger charge is -2.36. The third kappa shape index (κ3) is 8.58. The fraction of sp³-hybridized carbons (Fsp3) is 0.758. The van der Waals surface area contributed by atoms with Gasteiger partial charge in [-0.25, -0.2) is 0 Å². The molecule has 2 aromatic heterocycles. The van der Waals surface area contributed by atoms with E-state index >= 15 is 0 Å². The average Bonchev–Trinajstić information content (AvgIpc) is 3.80. The number of aliphatic hydroxyl groups is 1. The fourth-order valence-electron chi connectivity index (χ4n) is 8.21. The summed E-state index contributed by atoms with van der Waals surface area (Å²) in [5, 5.41) is 17.3. The molecule has 6 fully saturated rings. The van der Waals surface area contributed by atoms with Crippen LogP contribution in [0.3, 0.4) is 0 Å². The van der Waals surface area contributed by atoms with Crippen LogP contribution in [0.4, 0.5) is 0 Å². The number of rotatable bonds is 6. The SMILES string of the molecule is CN1C2CCC1CC(O)C2.CN1C2CCC1CC(OCc1cccs1)C2.Cl.c1csc(COC2CC3CCC(C2)N3)c1. The summed E-state index contributed by atoms with van der Waals surface area (Å²) in [6, 6.07) is 12.9. The molecule has 6 unspecified atom stereocenters. The number of hydrogen-bond acceptors (Lipinski definition) is 8. The van der Waals surface area contributed by atoms with Crippen LogP contribution < -0.4 is 5.32 Å². The molecule has 6 saturated heterocycles. The number of halogens is 1. The van der Waals surface area contributed by atoms with E-state index in [0.717, 1.165) is 50.2 Å². The van der Waals surface area contributed by atoms with Crippen LogP contribution in [-0.4, -0.2) is 83.6 Å². The monoisotopic (exact) mass is 637 g/mol. The number of thiophene rings is 2. The third-order valence-corrected chi connectivity index (χ3v) is 12.3. The van der Waals surface area contributed by atoms with Gasteiger partial charge in [-0.15, -0.1) is 35.1 Å². The van der Waals surface area contributed by atoms with E-state index in [1.807, 2.05) is 0 Å². The van der Waals surface area contributed by atoms with Crippen molar-refractivity contribution in [2.45, 2.75) is 145 Å². The van der Waals surface area contributed by atoms with E-state index in [1.54, 1.807) is 22.7 Å². The van der Waals surface area contributed by atoms with E-state index in [-0.39, 0.29) is 18.5 Å². The van der Waals surface area contributed by atoms with Gasteiger partial charge in [-0.1, -0.05) is 12.1 Å². The number of nitrogens with zero attached hydrogens (tertiary/aromatic N) is 2. The molecule has 42 heavy (non-hydrogen) atoms. The van der Waals surface area contributed by atoms with Gasteiger partial charge in [0.15, 0.2) is 0 Å². The molecule has 9 heteroatoms. The Bertz CT molecular complexity index is 1000. The Morgan fingerprint density at radius 2 is 1.12 bits per heavy atom. The van der Waals surface area contributed by atoms with Gasteiger partial charge >= 0.3 is 0 Å². The smallest absolute Gasteiger partial charge is 0.0813 e. The molecule has 0 spiro atoms. The Hall–Kier alpha value is -0.550. The van der Waals surface area contributed by atoms with Crippen molar-refractivity contribution < 1.29 is 14.6 Å². The van der Waals surface area contributed by atoms with Crippen molar-refractivity contribution in [2.24, 2.45) is 0 Å². The number of hydrogen-bond donors (Lipinski definition) is 2. The van der Waals surface area contributed by atoms with Gasteiger partial charge < -0.3 is 29.7 Å². The molecule has 0 amide bonds. The summed E-state index contributed by atoms with van der Waals surface area (Å²) >= 11 is 3.58. The van der Waals surface area contributed by atoms with Gasteiger partial charge in [-0.3, -0.25) is 0 Å². The average molecular weight is 638 g/mol. The Kier molecular flexibility index (Phi) is 12.2. The number of aliphatic hydroxyl groups excluding tert-OH is 1. The van der Waals surface area contributed by atoms with Crippen LogP contribution >= 0.6 is 35.1 Å². The first-order chi connectivity index (χ1) is 20.0. The molecule has 236 valence electrons. The van der Waals surface area contributed by atoms with Crippen LogP contribution in [-0.2, 0) is 22.7 Å². The molecular weight excluding hydrogens is 586 g/mol. The van der Waals surface area contributed by atoms with E-state index in [1.165, 1.54) is 74.0 Å². The minimum absolute atomic E-state index is 0. The Labute approximate surface area is 267 Å². The summed E-state index contributed by atoms with van der Waals surface area (Å²) in [6.45, 7) is 1.62. The van der Waals surface area contributed by atoms with Gasteiger partial charge in [0.25, 0.3) is 0 Å². The Balaban J connectivity index is 0.000000128. The number of nitrogens with one attached hydrogen (secondary N) is 1. The normalized spacial score (nSPS) is 36.9. The first kappa shape index (κ1) is 32.8. The lowest BCUT2D eigenvalue weighted by molar-refractivity contribution is -0.0201. The molecular formula is C33H52ClN3O3S2. The quantitative estimate of drug-likeness (QED) is 0.379. The second kappa shape index (κ2) is 15.6. The lowest BCUT2D eigenvalue weighted by Crippen LogP contribution is -2.42. The second-order valence-corrected chi connectivity index (χ2v) is 15.4. The number of fused-ring (bicyclic) bond motifs is 6. The molecule has 6 nitrogen and oxygen atoms in total. The van der Waals surface area contributed by atoms with Crippen LogP contribution in [0.1, 0.15) is 86.8 Å². The summed E-state index contributed by atoms with van der Waals surface area (Å²) in [6.07, 6.45) is 15.9. The molecule has 6 aliphatic rings. The van der Waals surface area contributed by atoms with Crippen LogP contribution in [0.15, 0.2) is 35.0 Å². The lowest BCUT2D eigenvalue weighted by atomic mass is 10.0. The molecule has 8 heterocycles. The van der Waals surface area contributed by atoms with Gasteiger partial charge in [0.1, 0.15) is 0 Å². The van der Waals surface area contributed by atoms with Gasteiger partial charge in [-0.05, 0) is 114 Å². The minimum atomic E-state index is -0.00583. The number of ether oxygens (including phenoxy) is 2. The molecule has 0 saturated carbocycles. The summed E-state index contributed by atoms with van der Waals surface area (Å²) < 4.78 is 12.0. The molecule has 0 aliphatic carbocycles. The standard InChI is InChI=1S/C13H19NOS.C12H17NOS.C8H15NO.ClH/c1-14-10-4-5-11(14)8-12(7-10)15-9-13-3-2-6-16-13;1-2-12(15-5-1)8-14-11-6-9-3-4-10(7-11)13-9;1-9-6-2-3-7(9)5-8(10)4-6;/h2-3,6,10-12H,4-5,7-9H2,1H3;1-2,5,9-11,13H,3-4,6-8H2;6-8,10H,2-5H2,1H3;1H. The Morgan fingerprint density at radius 3 is 1.55 bits per heavy atom. The van der Waals surface area contributed by atoms with Crippen LogP contribution in [0.2, 0.25) is 0 Å². The third-order valence-electron chi connectivity index (χ3n) is 10.6. The molecule has 2 aromatic rings. The van der Waals surface area contributed by atoms with Gasteiger partial charge in [0, 0.05) is 46.0 Å². The largest absolute Gasteiger partial charge is 0.393 e. The van der Waals surface area contributed by atoms with E-state index in [2.05, 4.69) is 64.2 Å². The highest BCUT2D eigenvalue weighted by molar-refractivity contribution is 7.10. The minimum Gasteiger partial charge on any atom is -0.393 e. The Morgan fingerprint density at radius 1 is 0.690 bits per heavy atom. The van der Waals surface area contributed by atoms with Crippen molar-refractivity contribution in [3.05, 3.63) is 44.8 Å². The summed E-state index contributed by atoms with van der Waals surface area (Å²) in [7, 11) is 4.46. The van der Waals surface area contributed by atoms with Gasteiger partial charge in [-0.2, -0.15) is 0 Å². The molecule has 6 bridgehead atoms. The highest BCUT2D eigenvalue weighted by Crippen LogP contribution is 2.36. The maximum Gasteiger partial charge on any atom is 0.0813 e. The summed E-state index contributed by atoms with van der Waals surface area (Å²) in [4.78, 5) is 7.70. The zero-order valence-electron chi connectivity index (χ0n) is 25.4. The first-order valence-corrected chi connectivity index (χ1v) is 17.9. The zero-order valence-corrected chi connectivity index (χ0v) is 27.9. The second-order valence-electron chi connectivity index (χ2n) is 13.3. The van der Waals surface area contributed by atoms with Crippen LogP contribution in [0.25, 0.3) is 0 Å². The van der Waals surface area contributed by atoms with E-state index in [4.69, 9.17) is 9.47 Å². The van der Waals surface area contributed by atoms with Crippen molar-refractivity contribution in [2.75, 3.05) is 14.1 Å². The van der Waals surface area contributed by atoms with E-state index in [0.29, 0.717) is 24.3 Å².